The van der Waals surface area contributed by atoms with E-state index < -0.39 is 23.9 Å². The molecular formula is C23H29FN4O4. The first-order valence-electron chi connectivity index (χ1n) is 10.7. The molecule has 1 atom stereocenters. The molecule has 1 N–H and O–H groups in total. The molecule has 2 heterocycles. The number of carbonyl (C=O) groups excluding carboxylic acids is 3. The molecule has 1 saturated heterocycles. The standard InChI is InChI=1S/C23H29FN4O4/c1-4-9-28-19(15-26-10-12-27(13-11-26)16(3)29)20(22(30)32-5-2)21(25-23(28)31)17-7-6-8-18(24)14-17/h4,6-8,14,21H,1,5,9-13,15H2,2-3H3,(H,25,31). The van der Waals surface area contributed by atoms with E-state index in [0.29, 0.717) is 44.0 Å². The van der Waals surface area contributed by atoms with Gasteiger partial charge >= 0.3 is 12.0 Å². The second-order valence-electron chi connectivity index (χ2n) is 7.70. The van der Waals surface area contributed by atoms with Gasteiger partial charge in [0.05, 0.1) is 18.2 Å². The summed E-state index contributed by atoms with van der Waals surface area (Å²) in [5, 5.41) is 2.82. The monoisotopic (exact) mass is 444 g/mol. The van der Waals surface area contributed by atoms with E-state index in [-0.39, 0.29) is 24.6 Å². The molecule has 0 radical (unpaired) electrons. The topological polar surface area (TPSA) is 82.2 Å². The largest absolute Gasteiger partial charge is 0.463 e. The summed E-state index contributed by atoms with van der Waals surface area (Å²) in [6.45, 7) is 10.00. The van der Waals surface area contributed by atoms with Crippen LogP contribution in [0, 0.1) is 5.82 Å². The van der Waals surface area contributed by atoms with E-state index in [1.54, 1.807) is 24.0 Å². The smallest absolute Gasteiger partial charge is 0.338 e. The quantitative estimate of drug-likeness (QED) is 0.514. The summed E-state index contributed by atoms with van der Waals surface area (Å²) in [4.78, 5) is 43.0. The van der Waals surface area contributed by atoms with Crippen LogP contribution < -0.4 is 5.32 Å². The second-order valence-corrected chi connectivity index (χ2v) is 7.70. The van der Waals surface area contributed by atoms with Gasteiger partial charge in [-0.25, -0.2) is 14.0 Å². The summed E-state index contributed by atoms with van der Waals surface area (Å²) >= 11 is 0. The van der Waals surface area contributed by atoms with Crippen LogP contribution in [0.4, 0.5) is 9.18 Å². The van der Waals surface area contributed by atoms with Crippen LogP contribution >= 0.6 is 0 Å². The zero-order chi connectivity index (χ0) is 23.3. The first-order valence-corrected chi connectivity index (χ1v) is 10.7. The van der Waals surface area contributed by atoms with Crippen molar-refractivity contribution in [2.45, 2.75) is 19.9 Å². The Morgan fingerprint density at radius 3 is 2.59 bits per heavy atom. The SMILES string of the molecule is C=CCN1C(=O)NC(c2cccc(F)c2)C(C(=O)OCC)=C1CN1CCN(C(C)=O)CC1. The number of nitrogens with one attached hydrogen (secondary N) is 1. The van der Waals surface area contributed by atoms with Gasteiger partial charge in [-0.1, -0.05) is 18.2 Å². The van der Waals surface area contributed by atoms with Crippen LogP contribution in [-0.2, 0) is 14.3 Å². The van der Waals surface area contributed by atoms with Crippen molar-refractivity contribution >= 4 is 17.9 Å². The zero-order valence-corrected chi connectivity index (χ0v) is 18.5. The Balaban J connectivity index is 2.03. The van der Waals surface area contributed by atoms with Crippen LogP contribution in [0.25, 0.3) is 0 Å². The van der Waals surface area contributed by atoms with Crippen LogP contribution in [0.15, 0.2) is 48.2 Å². The van der Waals surface area contributed by atoms with Crippen molar-refractivity contribution in [3.05, 3.63) is 59.6 Å². The molecule has 9 heteroatoms. The average molecular weight is 445 g/mol. The maximum atomic E-state index is 14.0. The van der Waals surface area contributed by atoms with Gasteiger partial charge in [-0.05, 0) is 24.6 Å². The van der Waals surface area contributed by atoms with Crippen LogP contribution in [-0.4, -0.2) is 78.5 Å². The second kappa shape index (κ2) is 10.4. The van der Waals surface area contributed by atoms with E-state index in [1.165, 1.54) is 30.0 Å². The molecule has 3 rings (SSSR count). The summed E-state index contributed by atoms with van der Waals surface area (Å²) in [7, 11) is 0. The summed E-state index contributed by atoms with van der Waals surface area (Å²) in [6.07, 6.45) is 1.58. The lowest BCUT2D eigenvalue weighted by atomic mass is 9.94. The molecule has 32 heavy (non-hydrogen) atoms. The van der Waals surface area contributed by atoms with Crippen molar-refractivity contribution in [1.82, 2.24) is 20.0 Å². The van der Waals surface area contributed by atoms with Crippen LogP contribution in [0.1, 0.15) is 25.5 Å². The minimum absolute atomic E-state index is 0.0209. The van der Waals surface area contributed by atoms with Gasteiger partial charge in [-0.3, -0.25) is 14.6 Å². The summed E-state index contributed by atoms with van der Waals surface area (Å²) in [6, 6.07) is 4.57. The number of esters is 1. The fourth-order valence-electron chi connectivity index (χ4n) is 4.01. The average Bonchev–Trinajstić information content (AvgIpc) is 2.76. The number of amides is 3. The molecule has 0 spiro atoms. The van der Waals surface area contributed by atoms with Crippen molar-refractivity contribution in [1.29, 1.82) is 0 Å². The summed E-state index contributed by atoms with van der Waals surface area (Å²) < 4.78 is 19.3. The van der Waals surface area contributed by atoms with E-state index in [9.17, 15) is 18.8 Å². The van der Waals surface area contributed by atoms with E-state index in [1.807, 2.05) is 0 Å². The number of urea groups is 1. The highest BCUT2D eigenvalue weighted by molar-refractivity contribution is 5.95. The molecule has 3 amide bonds. The van der Waals surface area contributed by atoms with Gasteiger partial charge in [0.1, 0.15) is 5.82 Å². The molecule has 172 valence electrons. The van der Waals surface area contributed by atoms with Gasteiger partial charge in [-0.2, -0.15) is 0 Å². The molecule has 0 aliphatic carbocycles. The Bertz CT molecular complexity index is 924. The van der Waals surface area contributed by atoms with Crippen LogP contribution in [0.2, 0.25) is 0 Å². The highest BCUT2D eigenvalue weighted by atomic mass is 19.1. The maximum Gasteiger partial charge on any atom is 0.338 e. The Morgan fingerprint density at radius 2 is 2.00 bits per heavy atom. The summed E-state index contributed by atoms with van der Waals surface area (Å²) in [5.41, 5.74) is 1.23. The third kappa shape index (κ3) is 5.16. The predicted octanol–water partition coefficient (Wildman–Crippen LogP) is 2.06. The molecule has 1 aromatic carbocycles. The number of nitrogens with zero attached hydrogens (tertiary/aromatic N) is 3. The lowest BCUT2D eigenvalue weighted by Gasteiger charge is -2.40. The number of rotatable bonds is 7. The van der Waals surface area contributed by atoms with E-state index in [0.717, 1.165) is 0 Å². The maximum absolute atomic E-state index is 14.0. The zero-order valence-electron chi connectivity index (χ0n) is 18.5. The fraction of sp³-hybridized carbons (Fsp3) is 0.435. The van der Waals surface area contributed by atoms with E-state index in [4.69, 9.17) is 4.74 Å². The van der Waals surface area contributed by atoms with Gasteiger partial charge < -0.3 is 15.0 Å². The number of hydrogen-bond acceptors (Lipinski definition) is 5. The van der Waals surface area contributed by atoms with Crippen molar-refractivity contribution in [2.24, 2.45) is 0 Å². The molecule has 0 bridgehead atoms. The van der Waals surface area contributed by atoms with Gasteiger partial charge in [0.15, 0.2) is 0 Å². The number of halogens is 1. The van der Waals surface area contributed by atoms with Gasteiger partial charge in [0.2, 0.25) is 5.91 Å². The Kier molecular flexibility index (Phi) is 7.63. The first kappa shape index (κ1) is 23.5. The minimum Gasteiger partial charge on any atom is -0.463 e. The number of benzene rings is 1. The van der Waals surface area contributed by atoms with E-state index >= 15 is 0 Å². The molecule has 2 aliphatic rings. The molecule has 2 aliphatic heterocycles. The third-order valence-electron chi connectivity index (χ3n) is 5.62. The lowest BCUT2D eigenvalue weighted by Crippen LogP contribution is -2.53. The molecule has 0 aromatic heterocycles. The Morgan fingerprint density at radius 1 is 1.28 bits per heavy atom. The minimum atomic E-state index is -0.841. The predicted molar refractivity (Wildman–Crippen MR) is 117 cm³/mol. The normalized spacial score (nSPS) is 19.6. The fourth-order valence-corrected chi connectivity index (χ4v) is 4.01. The molecule has 8 nitrogen and oxygen atoms in total. The van der Waals surface area contributed by atoms with Gasteiger partial charge in [0, 0.05) is 51.9 Å². The highest BCUT2D eigenvalue weighted by Gasteiger charge is 2.38. The van der Waals surface area contributed by atoms with Crippen molar-refractivity contribution in [3.8, 4) is 0 Å². The Labute approximate surface area is 187 Å². The number of piperazine rings is 1. The lowest BCUT2D eigenvalue weighted by molar-refractivity contribution is -0.139. The third-order valence-corrected chi connectivity index (χ3v) is 5.62. The summed E-state index contributed by atoms with van der Waals surface area (Å²) in [5.74, 6) is -1.00. The first-order chi connectivity index (χ1) is 15.3. The number of hydrogen-bond donors (Lipinski definition) is 1. The molecule has 0 saturated carbocycles. The van der Waals surface area contributed by atoms with Crippen molar-refractivity contribution in [2.75, 3.05) is 45.9 Å². The molecular weight excluding hydrogens is 415 g/mol. The molecule has 1 unspecified atom stereocenters. The molecule has 1 fully saturated rings. The van der Waals surface area contributed by atoms with Gasteiger partial charge in [-0.15, -0.1) is 6.58 Å². The van der Waals surface area contributed by atoms with Crippen LogP contribution in [0.3, 0.4) is 0 Å². The van der Waals surface area contributed by atoms with Crippen molar-refractivity contribution < 1.29 is 23.5 Å². The number of ether oxygens (including phenoxy) is 1. The van der Waals surface area contributed by atoms with Crippen molar-refractivity contribution in [3.63, 3.8) is 0 Å². The van der Waals surface area contributed by atoms with E-state index in [2.05, 4.69) is 16.8 Å². The molecule has 1 aromatic rings. The Hall–Kier alpha value is -3.20. The highest BCUT2D eigenvalue weighted by Crippen LogP contribution is 2.32. The number of carbonyl (C=O) groups is 3. The van der Waals surface area contributed by atoms with Crippen LogP contribution in [0.5, 0.6) is 0 Å². The van der Waals surface area contributed by atoms with Gasteiger partial charge in [0.25, 0.3) is 0 Å².